The zero-order valence-electron chi connectivity index (χ0n) is 23.1. The molecule has 1 fully saturated rings. The van der Waals surface area contributed by atoms with Gasteiger partial charge in [-0.25, -0.2) is 9.59 Å². The van der Waals surface area contributed by atoms with E-state index in [1.807, 2.05) is 48.5 Å². The number of anilines is 1. The molecule has 9 nitrogen and oxygen atoms in total. The first-order valence-electron chi connectivity index (χ1n) is 13.9. The minimum absolute atomic E-state index is 0.0294. The number of carbonyl (C=O) groups is 3. The molecule has 5 rings (SSSR count). The van der Waals surface area contributed by atoms with Gasteiger partial charge in [0, 0.05) is 51.4 Å². The van der Waals surface area contributed by atoms with Crippen LogP contribution in [-0.2, 0) is 25.5 Å². The first-order chi connectivity index (χ1) is 19.9. The van der Waals surface area contributed by atoms with Gasteiger partial charge in [-0.2, -0.15) is 0 Å². The quantitative estimate of drug-likeness (QED) is 0.344. The van der Waals surface area contributed by atoms with Crippen molar-refractivity contribution in [3.8, 4) is 11.1 Å². The number of fused-ring (bicyclic) bond motifs is 3. The van der Waals surface area contributed by atoms with E-state index in [0.29, 0.717) is 19.7 Å². The van der Waals surface area contributed by atoms with E-state index < -0.39 is 18.1 Å². The van der Waals surface area contributed by atoms with Crippen LogP contribution in [0.2, 0.25) is 0 Å². The van der Waals surface area contributed by atoms with Gasteiger partial charge in [0.25, 0.3) is 0 Å². The van der Waals surface area contributed by atoms with Crippen molar-refractivity contribution < 1.29 is 29.0 Å². The van der Waals surface area contributed by atoms with E-state index in [1.54, 1.807) is 24.1 Å². The number of amides is 2. The first kappa shape index (κ1) is 28.3. The van der Waals surface area contributed by atoms with Crippen molar-refractivity contribution in [1.82, 2.24) is 10.2 Å². The van der Waals surface area contributed by atoms with Gasteiger partial charge < -0.3 is 24.8 Å². The molecule has 1 aliphatic heterocycles. The van der Waals surface area contributed by atoms with Crippen LogP contribution in [-0.4, -0.2) is 80.5 Å². The Morgan fingerprint density at radius 3 is 2.24 bits per heavy atom. The minimum Gasteiger partial charge on any atom is -0.480 e. The highest BCUT2D eigenvalue weighted by Gasteiger charge is 2.30. The third kappa shape index (κ3) is 6.58. The molecule has 0 saturated carbocycles. The normalized spacial score (nSPS) is 15.7. The van der Waals surface area contributed by atoms with Gasteiger partial charge in [0.1, 0.15) is 12.6 Å². The number of hydrogen-bond acceptors (Lipinski definition) is 6. The molecule has 3 aromatic carbocycles. The second kappa shape index (κ2) is 13.0. The number of hydrogen-bond donors (Lipinski definition) is 2. The predicted octanol–water partition coefficient (Wildman–Crippen LogP) is 3.91. The fraction of sp³-hybridized carbons (Fsp3) is 0.344. The van der Waals surface area contributed by atoms with Crippen molar-refractivity contribution >= 4 is 23.7 Å². The van der Waals surface area contributed by atoms with Gasteiger partial charge in [-0.05, 0) is 46.4 Å². The molecule has 0 aromatic heterocycles. The zero-order valence-corrected chi connectivity index (χ0v) is 23.1. The molecule has 9 heteroatoms. The van der Waals surface area contributed by atoms with Gasteiger partial charge in [-0.3, -0.25) is 9.69 Å². The maximum absolute atomic E-state index is 12.7. The minimum atomic E-state index is -1.16. The van der Waals surface area contributed by atoms with Crippen LogP contribution in [0, 0.1) is 0 Å². The number of piperazine rings is 1. The highest BCUT2D eigenvalue weighted by molar-refractivity contribution is 5.95. The number of benzene rings is 3. The van der Waals surface area contributed by atoms with E-state index >= 15 is 0 Å². The SMILES string of the molecule is COCCCN1CCN(c2ccc(C[C@H](NC(=O)OCC3c4ccccc4-c4ccccc43)C(=O)O)cc2)C(=O)C1. The molecule has 2 N–H and O–H groups in total. The van der Waals surface area contributed by atoms with Crippen LogP contribution in [0.3, 0.4) is 0 Å². The molecule has 1 saturated heterocycles. The Morgan fingerprint density at radius 1 is 0.976 bits per heavy atom. The van der Waals surface area contributed by atoms with E-state index in [0.717, 1.165) is 53.0 Å². The average Bonchev–Trinajstić information content (AvgIpc) is 3.30. The Balaban J connectivity index is 1.15. The summed E-state index contributed by atoms with van der Waals surface area (Å²) in [4.78, 5) is 41.2. The van der Waals surface area contributed by atoms with Gasteiger partial charge >= 0.3 is 12.1 Å². The lowest BCUT2D eigenvalue weighted by Gasteiger charge is -2.34. The van der Waals surface area contributed by atoms with Gasteiger partial charge in [0.05, 0.1) is 6.54 Å². The zero-order chi connectivity index (χ0) is 28.8. The second-order valence-corrected chi connectivity index (χ2v) is 10.4. The van der Waals surface area contributed by atoms with E-state index in [4.69, 9.17) is 9.47 Å². The largest absolute Gasteiger partial charge is 0.480 e. The van der Waals surface area contributed by atoms with Crippen LogP contribution in [0.4, 0.5) is 10.5 Å². The van der Waals surface area contributed by atoms with Crippen LogP contribution in [0.25, 0.3) is 11.1 Å². The molecule has 2 amide bonds. The summed E-state index contributed by atoms with van der Waals surface area (Å²) in [6, 6.07) is 22.1. The van der Waals surface area contributed by atoms with Gasteiger partial charge in [-0.1, -0.05) is 60.7 Å². The summed E-state index contributed by atoms with van der Waals surface area (Å²) >= 11 is 0. The fourth-order valence-electron chi connectivity index (χ4n) is 5.65. The summed E-state index contributed by atoms with van der Waals surface area (Å²) in [5.74, 6) is -1.23. The number of nitrogens with one attached hydrogen (secondary N) is 1. The van der Waals surface area contributed by atoms with E-state index in [9.17, 15) is 19.5 Å². The van der Waals surface area contributed by atoms with Crippen molar-refractivity contribution in [3.63, 3.8) is 0 Å². The topological polar surface area (TPSA) is 108 Å². The molecule has 0 bridgehead atoms. The van der Waals surface area contributed by atoms with Gasteiger partial charge in [0.2, 0.25) is 5.91 Å². The third-order valence-electron chi connectivity index (χ3n) is 7.74. The summed E-state index contributed by atoms with van der Waals surface area (Å²) in [5, 5.41) is 12.3. The lowest BCUT2D eigenvalue weighted by molar-refractivity contribution is -0.139. The van der Waals surface area contributed by atoms with Crippen LogP contribution < -0.4 is 10.2 Å². The van der Waals surface area contributed by atoms with E-state index in [2.05, 4.69) is 22.3 Å². The smallest absolute Gasteiger partial charge is 0.407 e. The molecule has 3 aromatic rings. The number of carboxylic acid groups (broad SMARTS) is 1. The fourth-order valence-corrected chi connectivity index (χ4v) is 5.65. The average molecular weight is 558 g/mol. The summed E-state index contributed by atoms with van der Waals surface area (Å²) < 4.78 is 10.6. The number of alkyl carbamates (subject to hydrolysis) is 1. The highest BCUT2D eigenvalue weighted by atomic mass is 16.5. The number of carbonyl (C=O) groups excluding carboxylic acids is 2. The Morgan fingerprint density at radius 2 is 1.63 bits per heavy atom. The highest BCUT2D eigenvalue weighted by Crippen LogP contribution is 2.44. The third-order valence-corrected chi connectivity index (χ3v) is 7.74. The number of nitrogens with zero attached hydrogens (tertiary/aromatic N) is 2. The van der Waals surface area contributed by atoms with Crippen molar-refractivity contribution in [2.24, 2.45) is 0 Å². The van der Waals surface area contributed by atoms with E-state index in [-0.39, 0.29) is 24.9 Å². The lowest BCUT2D eigenvalue weighted by Crippen LogP contribution is -2.50. The van der Waals surface area contributed by atoms with E-state index in [1.165, 1.54) is 0 Å². The van der Waals surface area contributed by atoms with Crippen molar-refractivity contribution in [1.29, 1.82) is 0 Å². The molecule has 0 unspecified atom stereocenters. The molecule has 0 spiro atoms. The number of carboxylic acids is 1. The van der Waals surface area contributed by atoms with Crippen molar-refractivity contribution in [3.05, 3.63) is 89.5 Å². The van der Waals surface area contributed by atoms with Crippen LogP contribution in [0.1, 0.15) is 29.0 Å². The van der Waals surface area contributed by atoms with Crippen LogP contribution in [0.5, 0.6) is 0 Å². The molecule has 41 heavy (non-hydrogen) atoms. The van der Waals surface area contributed by atoms with Gasteiger partial charge in [-0.15, -0.1) is 0 Å². The number of aliphatic carboxylic acids is 1. The van der Waals surface area contributed by atoms with Crippen molar-refractivity contribution in [2.45, 2.75) is 24.8 Å². The lowest BCUT2D eigenvalue weighted by atomic mass is 9.98. The molecule has 1 atom stereocenters. The molecular weight excluding hydrogens is 522 g/mol. The Hall–Kier alpha value is -4.21. The monoisotopic (exact) mass is 557 g/mol. The molecule has 0 radical (unpaired) electrons. The van der Waals surface area contributed by atoms with Crippen LogP contribution in [0.15, 0.2) is 72.8 Å². The molecule has 1 heterocycles. The Bertz CT molecular complexity index is 1350. The molecule has 2 aliphatic rings. The maximum Gasteiger partial charge on any atom is 0.407 e. The molecular formula is C32H35N3O6. The molecule has 1 aliphatic carbocycles. The Labute approximate surface area is 239 Å². The number of methoxy groups -OCH3 is 1. The predicted molar refractivity (Wildman–Crippen MR) is 155 cm³/mol. The maximum atomic E-state index is 12.7. The summed E-state index contributed by atoms with van der Waals surface area (Å²) in [5.41, 5.74) is 5.91. The second-order valence-electron chi connectivity index (χ2n) is 10.4. The van der Waals surface area contributed by atoms with Crippen LogP contribution >= 0.6 is 0 Å². The first-order valence-corrected chi connectivity index (χ1v) is 13.9. The summed E-state index contributed by atoms with van der Waals surface area (Å²) in [7, 11) is 1.67. The van der Waals surface area contributed by atoms with Gasteiger partial charge in [0.15, 0.2) is 0 Å². The number of ether oxygens (including phenoxy) is 2. The Kier molecular flexibility index (Phi) is 8.96. The summed E-state index contributed by atoms with van der Waals surface area (Å²) in [6.07, 6.45) is 0.193. The summed E-state index contributed by atoms with van der Waals surface area (Å²) in [6.45, 7) is 3.32. The van der Waals surface area contributed by atoms with Crippen molar-refractivity contribution in [2.75, 3.05) is 51.4 Å². The number of rotatable bonds is 11. The molecule has 214 valence electrons. The standard InChI is InChI=1S/C32H35N3O6/c1-40-18-6-15-34-16-17-35(30(36)20-34)23-13-11-22(12-14-23)19-29(31(37)38)33-32(39)41-21-28-26-9-4-2-7-24(26)25-8-3-5-10-27(25)28/h2-5,7-14,28-29H,6,15-21H2,1H3,(H,33,39)(H,37,38)/t29-/m0/s1.